The summed E-state index contributed by atoms with van der Waals surface area (Å²) in [5, 5.41) is 3.45. The highest BCUT2D eigenvalue weighted by atomic mass is 16.5. The Hall–Kier alpha value is -0.910. The number of ether oxygens (including phenoxy) is 2. The summed E-state index contributed by atoms with van der Waals surface area (Å²) in [4.78, 5) is 7.96. The van der Waals surface area contributed by atoms with E-state index in [1.54, 1.807) is 0 Å². The van der Waals surface area contributed by atoms with Crippen molar-refractivity contribution in [1.29, 1.82) is 0 Å². The number of aromatic amines is 1. The maximum absolute atomic E-state index is 5.46. The van der Waals surface area contributed by atoms with Gasteiger partial charge in [0.05, 0.1) is 13.2 Å². The molecule has 0 radical (unpaired) electrons. The lowest BCUT2D eigenvalue weighted by Gasteiger charge is -2.23. The van der Waals surface area contributed by atoms with Gasteiger partial charge in [-0.15, -0.1) is 0 Å². The maximum atomic E-state index is 5.46. The van der Waals surface area contributed by atoms with Crippen LogP contribution in [-0.2, 0) is 15.9 Å². The molecule has 0 bridgehead atoms. The van der Waals surface area contributed by atoms with Gasteiger partial charge in [0, 0.05) is 50.0 Å². The van der Waals surface area contributed by atoms with Gasteiger partial charge in [0.2, 0.25) is 0 Å². The fourth-order valence-corrected chi connectivity index (χ4v) is 2.68. The normalized spacial score (nSPS) is 26.3. The molecule has 5 heteroatoms. The zero-order chi connectivity index (χ0) is 12.2. The molecule has 2 aliphatic rings. The second-order valence-corrected chi connectivity index (χ2v) is 5.10. The topological polar surface area (TPSA) is 59.2 Å². The molecule has 3 heterocycles. The van der Waals surface area contributed by atoms with Gasteiger partial charge in [-0.05, 0) is 12.8 Å². The number of rotatable bonds is 3. The number of nitrogens with zero attached hydrogens (tertiary/aromatic N) is 1. The first-order valence-electron chi connectivity index (χ1n) is 6.84. The lowest BCUT2D eigenvalue weighted by atomic mass is 9.97. The van der Waals surface area contributed by atoms with Crippen LogP contribution in [0.25, 0.3) is 0 Å². The molecular formula is C13H21N3O2. The minimum atomic E-state index is 0.396. The van der Waals surface area contributed by atoms with E-state index in [9.17, 15) is 0 Å². The van der Waals surface area contributed by atoms with Crippen molar-refractivity contribution in [3.8, 4) is 0 Å². The SMILES string of the molecule is c1nc(CC2COCCN2)[nH]c1C1CCOCC1. The molecule has 2 fully saturated rings. The quantitative estimate of drug-likeness (QED) is 0.835. The van der Waals surface area contributed by atoms with Crippen molar-refractivity contribution in [2.75, 3.05) is 33.0 Å². The van der Waals surface area contributed by atoms with Crippen LogP contribution in [-0.4, -0.2) is 49.0 Å². The zero-order valence-electron chi connectivity index (χ0n) is 10.7. The minimum absolute atomic E-state index is 0.396. The van der Waals surface area contributed by atoms with Gasteiger partial charge in [-0.3, -0.25) is 0 Å². The van der Waals surface area contributed by atoms with Gasteiger partial charge in [-0.25, -0.2) is 4.98 Å². The molecular weight excluding hydrogens is 230 g/mol. The Labute approximate surface area is 107 Å². The van der Waals surface area contributed by atoms with Crippen molar-refractivity contribution in [3.63, 3.8) is 0 Å². The van der Waals surface area contributed by atoms with E-state index in [4.69, 9.17) is 9.47 Å². The van der Waals surface area contributed by atoms with Crippen LogP contribution in [0.2, 0.25) is 0 Å². The smallest absolute Gasteiger partial charge is 0.107 e. The van der Waals surface area contributed by atoms with E-state index >= 15 is 0 Å². The molecule has 2 aliphatic heterocycles. The number of nitrogens with one attached hydrogen (secondary N) is 2. The summed E-state index contributed by atoms with van der Waals surface area (Å²) in [6.45, 7) is 4.29. The number of imidazole rings is 1. The van der Waals surface area contributed by atoms with E-state index in [0.29, 0.717) is 12.0 Å². The van der Waals surface area contributed by atoms with Crippen LogP contribution >= 0.6 is 0 Å². The van der Waals surface area contributed by atoms with Gasteiger partial charge >= 0.3 is 0 Å². The van der Waals surface area contributed by atoms with Crippen LogP contribution in [0.4, 0.5) is 0 Å². The highest BCUT2D eigenvalue weighted by Crippen LogP contribution is 2.25. The summed E-state index contributed by atoms with van der Waals surface area (Å²) in [7, 11) is 0. The lowest BCUT2D eigenvalue weighted by molar-refractivity contribution is 0.0763. The summed E-state index contributed by atoms with van der Waals surface area (Å²) in [5.74, 6) is 1.66. The summed E-state index contributed by atoms with van der Waals surface area (Å²) >= 11 is 0. The second kappa shape index (κ2) is 5.82. The average Bonchev–Trinajstić information content (AvgIpc) is 2.89. The standard InChI is InChI=1S/C13H21N3O2/c1-4-17-5-2-10(1)12-8-15-13(16-12)7-11-9-18-6-3-14-11/h8,10-11,14H,1-7,9H2,(H,15,16). The molecule has 0 saturated carbocycles. The van der Waals surface area contributed by atoms with Gasteiger partial charge in [0.15, 0.2) is 0 Å². The Morgan fingerprint density at radius 3 is 2.89 bits per heavy atom. The molecule has 0 aromatic carbocycles. The molecule has 18 heavy (non-hydrogen) atoms. The molecule has 2 N–H and O–H groups in total. The second-order valence-electron chi connectivity index (χ2n) is 5.10. The van der Waals surface area contributed by atoms with Crippen molar-refractivity contribution in [1.82, 2.24) is 15.3 Å². The van der Waals surface area contributed by atoms with Crippen LogP contribution in [0, 0.1) is 0 Å². The third kappa shape index (κ3) is 2.91. The molecule has 3 rings (SSSR count). The summed E-state index contributed by atoms with van der Waals surface area (Å²) < 4.78 is 10.8. The number of hydrogen-bond donors (Lipinski definition) is 2. The number of hydrogen-bond acceptors (Lipinski definition) is 4. The predicted molar refractivity (Wildman–Crippen MR) is 67.7 cm³/mol. The molecule has 1 aromatic rings. The van der Waals surface area contributed by atoms with Gasteiger partial charge in [-0.1, -0.05) is 0 Å². The molecule has 5 nitrogen and oxygen atoms in total. The van der Waals surface area contributed by atoms with Crippen LogP contribution in [0.3, 0.4) is 0 Å². The van der Waals surface area contributed by atoms with Crippen LogP contribution in [0.15, 0.2) is 6.20 Å². The molecule has 1 aromatic heterocycles. The van der Waals surface area contributed by atoms with Crippen LogP contribution in [0.1, 0.15) is 30.3 Å². The van der Waals surface area contributed by atoms with Crippen molar-refractivity contribution >= 4 is 0 Å². The summed E-state index contributed by atoms with van der Waals surface area (Å²) in [6.07, 6.45) is 5.12. The predicted octanol–water partition coefficient (Wildman–Crippen LogP) is 0.835. The van der Waals surface area contributed by atoms with Gasteiger partial charge in [-0.2, -0.15) is 0 Å². The largest absolute Gasteiger partial charge is 0.381 e. The Bertz CT molecular complexity index is 368. The molecule has 0 spiro atoms. The number of aromatic nitrogens is 2. The first-order chi connectivity index (χ1) is 8.92. The molecule has 100 valence electrons. The van der Waals surface area contributed by atoms with Crippen molar-refractivity contribution in [2.24, 2.45) is 0 Å². The van der Waals surface area contributed by atoms with E-state index < -0.39 is 0 Å². The lowest BCUT2D eigenvalue weighted by Crippen LogP contribution is -2.42. The van der Waals surface area contributed by atoms with E-state index in [1.807, 2.05) is 6.20 Å². The van der Waals surface area contributed by atoms with E-state index in [2.05, 4.69) is 15.3 Å². The van der Waals surface area contributed by atoms with Crippen molar-refractivity contribution in [2.45, 2.75) is 31.2 Å². The van der Waals surface area contributed by atoms with E-state index in [1.165, 1.54) is 5.69 Å². The molecule has 0 aliphatic carbocycles. The minimum Gasteiger partial charge on any atom is -0.381 e. The Morgan fingerprint density at radius 1 is 1.22 bits per heavy atom. The first-order valence-corrected chi connectivity index (χ1v) is 6.84. The van der Waals surface area contributed by atoms with Gasteiger partial charge in [0.1, 0.15) is 5.82 Å². The first kappa shape index (κ1) is 12.1. The van der Waals surface area contributed by atoms with Crippen molar-refractivity contribution < 1.29 is 9.47 Å². The zero-order valence-corrected chi connectivity index (χ0v) is 10.7. The van der Waals surface area contributed by atoms with Gasteiger partial charge < -0.3 is 19.8 Å². The summed E-state index contributed by atoms with van der Waals surface area (Å²) in [5.41, 5.74) is 1.27. The van der Waals surface area contributed by atoms with E-state index in [-0.39, 0.29) is 0 Å². The Balaban J connectivity index is 1.58. The Kier molecular flexibility index (Phi) is 3.93. The van der Waals surface area contributed by atoms with Gasteiger partial charge in [0.25, 0.3) is 0 Å². The highest BCUT2D eigenvalue weighted by molar-refractivity contribution is 5.09. The molecule has 1 unspecified atom stereocenters. The summed E-state index contributed by atoms with van der Waals surface area (Å²) in [6, 6.07) is 0.396. The average molecular weight is 251 g/mol. The third-order valence-electron chi connectivity index (χ3n) is 3.75. The molecule has 2 saturated heterocycles. The van der Waals surface area contributed by atoms with E-state index in [0.717, 1.165) is 58.1 Å². The molecule has 0 amide bonds. The number of H-pyrrole nitrogens is 1. The fourth-order valence-electron chi connectivity index (χ4n) is 2.68. The third-order valence-corrected chi connectivity index (χ3v) is 3.75. The highest BCUT2D eigenvalue weighted by Gasteiger charge is 2.19. The maximum Gasteiger partial charge on any atom is 0.107 e. The van der Waals surface area contributed by atoms with Crippen LogP contribution in [0.5, 0.6) is 0 Å². The number of morpholine rings is 1. The fraction of sp³-hybridized carbons (Fsp3) is 0.769. The van der Waals surface area contributed by atoms with Crippen LogP contribution < -0.4 is 5.32 Å². The monoisotopic (exact) mass is 251 g/mol. The molecule has 1 atom stereocenters. The Morgan fingerprint density at radius 2 is 2.11 bits per heavy atom. The van der Waals surface area contributed by atoms with Crippen molar-refractivity contribution in [3.05, 3.63) is 17.7 Å².